The van der Waals surface area contributed by atoms with Crippen LogP contribution in [-0.4, -0.2) is 29.1 Å². The van der Waals surface area contributed by atoms with Crippen LogP contribution in [0.4, 0.5) is 0 Å². The third-order valence-electron chi connectivity index (χ3n) is 5.85. The van der Waals surface area contributed by atoms with Crippen LogP contribution in [0.3, 0.4) is 0 Å². The minimum Gasteiger partial charge on any atom is -0.274 e. The molecule has 0 fully saturated rings. The van der Waals surface area contributed by atoms with E-state index in [0.29, 0.717) is 12.8 Å². The Bertz CT molecular complexity index is 1130. The summed E-state index contributed by atoms with van der Waals surface area (Å²) in [4.78, 5) is 26.0. The molecule has 0 aromatic heterocycles. The molecule has 1 atom stereocenters. The monoisotopic (exact) mass is 811 g/mol. The van der Waals surface area contributed by atoms with E-state index in [1.54, 1.807) is 10.2 Å². The highest BCUT2D eigenvalue weighted by molar-refractivity contribution is 15.0. The molecule has 2 aromatic rings. The van der Waals surface area contributed by atoms with Crippen LogP contribution in [0.15, 0.2) is 58.8 Å². The van der Waals surface area contributed by atoms with Gasteiger partial charge in [-0.1, -0.05) is 68.8 Å². The number of unbranched alkanes of at least 4 members (excludes halogenated alkanes) is 1. The molecule has 0 radical (unpaired) electrons. The maximum atomic E-state index is 13.3. The number of hydrogen-bond acceptors (Lipinski definition) is 4. The molecule has 188 valence electrons. The number of imide groups is 1. The Kier molecular flexibility index (Phi) is 12.1. The van der Waals surface area contributed by atoms with Gasteiger partial charge in [-0.15, -0.1) is 5.11 Å². The second-order valence-corrected chi connectivity index (χ2v) is 15.6. The summed E-state index contributed by atoms with van der Waals surface area (Å²) in [5, 5.41) is 8.39. The second-order valence-electron chi connectivity index (χ2n) is 8.48. The molecular formula is C27H32I3N3O2. The number of carbonyl (C=O) groups is 2. The summed E-state index contributed by atoms with van der Waals surface area (Å²) in [5.41, 5.74) is 4.57. The number of halogens is 3. The zero-order valence-corrected chi connectivity index (χ0v) is 26.9. The van der Waals surface area contributed by atoms with Crippen molar-refractivity contribution in [1.29, 1.82) is 0 Å². The molecule has 8 heteroatoms. The van der Waals surface area contributed by atoms with Crippen molar-refractivity contribution in [3.8, 4) is 11.1 Å². The van der Waals surface area contributed by atoms with Crippen LogP contribution in [-0.2, 0) is 16.0 Å². The lowest BCUT2D eigenvalue weighted by atomic mass is 9.91. The summed E-state index contributed by atoms with van der Waals surface area (Å²) in [6.07, 6.45) is 6.08. The van der Waals surface area contributed by atoms with E-state index in [2.05, 4.69) is 78.2 Å². The summed E-state index contributed by atoms with van der Waals surface area (Å²) in [5.74, 6) is -0.0747. The zero-order chi connectivity index (χ0) is 25.2. The van der Waals surface area contributed by atoms with Gasteiger partial charge in [-0.05, 0) is 87.7 Å². The standard InChI is InChI=1S/C27H32I3N3O2/c1-4-6-10-22-18-21(27(35)33(30-22)25(34)9-5-2)17-19-13-15-20(16-14-19)23-11-7-8-12-24(23)26(29-28)32-31-3/h7-8,11-16,21H,4-6,9-10,17-18H2,1-3H3. The molecule has 0 bridgehead atoms. The maximum absolute atomic E-state index is 13.3. The highest BCUT2D eigenvalue weighted by atomic mass is 128. The summed E-state index contributed by atoms with van der Waals surface area (Å²) in [6.45, 7) is 4.19. The first-order chi connectivity index (χ1) is 17.0. The second kappa shape index (κ2) is 14.7. The fourth-order valence-electron chi connectivity index (χ4n) is 4.08. The fraction of sp³-hybridized carbons (Fsp3) is 0.407. The lowest BCUT2D eigenvalue weighted by molar-refractivity contribution is -0.139. The Morgan fingerprint density at radius 2 is 1.89 bits per heavy atom. The van der Waals surface area contributed by atoms with Gasteiger partial charge in [0.05, 0.1) is 0 Å². The Hall–Kier alpha value is -0.890. The lowest BCUT2D eigenvalue weighted by Gasteiger charge is -2.29. The van der Waals surface area contributed by atoms with Crippen LogP contribution in [0.25, 0.3) is 11.1 Å². The first kappa shape index (κ1) is 28.7. The predicted molar refractivity (Wildman–Crippen MR) is 172 cm³/mol. The van der Waals surface area contributed by atoms with Crippen LogP contribution >= 0.6 is 56.4 Å². The molecule has 1 aliphatic heterocycles. The van der Waals surface area contributed by atoms with Crippen molar-refractivity contribution in [3.05, 3.63) is 59.7 Å². The topological polar surface area (TPSA) is 62.1 Å². The Morgan fingerprint density at radius 1 is 1.14 bits per heavy atom. The molecule has 0 spiro atoms. The van der Waals surface area contributed by atoms with E-state index in [-0.39, 0.29) is 34.5 Å². The van der Waals surface area contributed by atoms with Gasteiger partial charge < -0.3 is 0 Å². The molecule has 1 unspecified atom stereocenters. The van der Waals surface area contributed by atoms with Crippen LogP contribution < -0.4 is 0 Å². The van der Waals surface area contributed by atoms with Crippen molar-refractivity contribution in [2.75, 3.05) is 7.05 Å². The highest BCUT2D eigenvalue weighted by Gasteiger charge is 2.33. The van der Waals surface area contributed by atoms with Gasteiger partial charge >= 0.3 is 0 Å². The van der Waals surface area contributed by atoms with E-state index in [1.165, 1.54) is 3.51 Å². The van der Waals surface area contributed by atoms with Crippen molar-refractivity contribution >= 4 is 75.3 Å². The first-order valence-corrected chi connectivity index (χ1v) is 21.4. The number of amides is 2. The van der Waals surface area contributed by atoms with Crippen molar-refractivity contribution < 1.29 is 9.59 Å². The molecule has 1 heterocycles. The minimum atomic E-state index is -0.644. The molecule has 0 N–H and O–H groups in total. The van der Waals surface area contributed by atoms with Gasteiger partial charge in [-0.2, -0.15) is 5.11 Å². The summed E-state index contributed by atoms with van der Waals surface area (Å²) in [7, 11) is 1.71. The van der Waals surface area contributed by atoms with Crippen molar-refractivity contribution in [3.63, 3.8) is 0 Å². The Balaban J connectivity index is 1.83. The molecule has 1 aliphatic rings. The molecule has 3 rings (SSSR count). The Labute approximate surface area is 238 Å². The van der Waals surface area contributed by atoms with Crippen molar-refractivity contribution in [2.24, 2.45) is 16.1 Å². The van der Waals surface area contributed by atoms with E-state index in [0.717, 1.165) is 58.0 Å². The lowest BCUT2D eigenvalue weighted by Crippen LogP contribution is -2.39. The van der Waals surface area contributed by atoms with Gasteiger partial charge in [0.2, 0.25) is 11.8 Å². The third-order valence-corrected chi connectivity index (χ3v) is 12.8. The van der Waals surface area contributed by atoms with Gasteiger partial charge in [0.25, 0.3) is 0 Å². The molecule has 0 saturated carbocycles. The number of rotatable bonds is 10. The average Bonchev–Trinajstić information content (AvgIpc) is 2.88. The predicted octanol–water partition coefficient (Wildman–Crippen LogP) is 8.20. The largest absolute Gasteiger partial charge is 0.274 e. The van der Waals surface area contributed by atoms with E-state index in [4.69, 9.17) is 0 Å². The van der Waals surface area contributed by atoms with Crippen LogP contribution in [0.2, 0.25) is 0 Å². The molecular weight excluding hydrogens is 779 g/mol. The molecule has 35 heavy (non-hydrogen) atoms. The number of benzene rings is 2. The SMILES string of the molecule is CCCCC1=IN(C(=O)CCC)C(=O)C(Cc2ccc(-c3ccccc3C(N=NC)=II)cc2)C1. The summed E-state index contributed by atoms with van der Waals surface area (Å²) >= 11 is 1.55. The van der Waals surface area contributed by atoms with Crippen LogP contribution in [0.5, 0.6) is 0 Å². The van der Waals surface area contributed by atoms with Crippen LogP contribution in [0, 0.1) is 5.92 Å². The number of hydrogen-bond donors (Lipinski definition) is 0. The number of azo groups is 1. The molecule has 0 aliphatic carbocycles. The fourth-order valence-corrected chi connectivity index (χ4v) is 10.3. The van der Waals surface area contributed by atoms with Gasteiger partial charge in [0.15, 0.2) is 0 Å². The quantitative estimate of drug-likeness (QED) is 0.138. The van der Waals surface area contributed by atoms with Crippen molar-refractivity contribution in [2.45, 2.75) is 58.8 Å². The average molecular weight is 811 g/mol. The normalized spacial score (nSPS) is 17.1. The molecule has 2 amide bonds. The van der Waals surface area contributed by atoms with E-state index < -0.39 is 21.0 Å². The number of carbonyl (C=O) groups excluding carboxylic acids is 2. The van der Waals surface area contributed by atoms with Gasteiger partial charge in [-0.3, -0.25) is 9.59 Å². The third kappa shape index (κ3) is 7.80. The maximum Gasteiger partial charge on any atom is 0.241 e. The summed E-state index contributed by atoms with van der Waals surface area (Å²) < 4.78 is 4.15. The van der Waals surface area contributed by atoms with Crippen LogP contribution in [0.1, 0.15) is 63.5 Å². The Morgan fingerprint density at radius 3 is 2.54 bits per heavy atom. The summed E-state index contributed by atoms with van der Waals surface area (Å²) in [6, 6.07) is 16.9. The first-order valence-electron chi connectivity index (χ1n) is 12.0. The number of nitrogens with zero attached hydrogens (tertiary/aromatic N) is 3. The van der Waals surface area contributed by atoms with Gasteiger partial charge in [0.1, 0.15) is 3.63 Å². The van der Waals surface area contributed by atoms with E-state index >= 15 is 0 Å². The smallest absolute Gasteiger partial charge is 0.241 e. The zero-order valence-electron chi connectivity index (χ0n) is 20.4. The van der Waals surface area contributed by atoms with Crippen molar-refractivity contribution in [1.82, 2.24) is 3.11 Å². The minimum absolute atomic E-state index is 0.0188. The highest BCUT2D eigenvalue weighted by Crippen LogP contribution is 2.33. The molecule has 5 nitrogen and oxygen atoms in total. The molecule has 0 saturated heterocycles. The van der Waals surface area contributed by atoms with E-state index in [9.17, 15) is 9.59 Å². The molecule has 2 aromatic carbocycles. The van der Waals surface area contributed by atoms with Gasteiger partial charge in [0, 0.05) is 46.0 Å². The van der Waals surface area contributed by atoms with Gasteiger partial charge in [-0.25, -0.2) is 3.11 Å². The van der Waals surface area contributed by atoms with E-state index in [1.807, 2.05) is 13.0 Å².